The summed E-state index contributed by atoms with van der Waals surface area (Å²) in [5.41, 5.74) is 7.58. The first kappa shape index (κ1) is 18.7. The van der Waals surface area contributed by atoms with Crippen molar-refractivity contribution in [1.82, 2.24) is 29.5 Å². The smallest absolute Gasteiger partial charge is 0.159 e. The fourth-order valence-electron chi connectivity index (χ4n) is 4.79. The first-order valence-electron chi connectivity index (χ1n) is 10.7. The molecule has 156 valence electrons. The molecule has 6 heteroatoms. The highest BCUT2D eigenvalue weighted by Gasteiger charge is 2.24. The van der Waals surface area contributed by atoms with Gasteiger partial charge in [-0.05, 0) is 13.8 Å². The summed E-state index contributed by atoms with van der Waals surface area (Å²) in [6.45, 7) is 4.08. The zero-order valence-corrected chi connectivity index (χ0v) is 18.5. The SMILES string of the molecule is Cc1nn(C)c2nc(-c3ccccc3)c3c(c(-c4ccccc4)nc4c3c(C)nn4C)c12. The molecule has 0 aliphatic heterocycles. The molecular formula is C26H22N6. The lowest BCUT2D eigenvalue weighted by atomic mass is 9.95. The molecule has 0 spiro atoms. The lowest BCUT2D eigenvalue weighted by molar-refractivity contribution is 0.774. The van der Waals surface area contributed by atoms with Gasteiger partial charge >= 0.3 is 0 Å². The molecule has 0 radical (unpaired) electrons. The first-order chi connectivity index (χ1) is 15.5. The average molecular weight is 419 g/mol. The van der Waals surface area contributed by atoms with Crippen LogP contribution in [0.1, 0.15) is 11.4 Å². The van der Waals surface area contributed by atoms with Gasteiger partial charge in [-0.25, -0.2) is 9.97 Å². The minimum atomic E-state index is 0.855. The van der Waals surface area contributed by atoms with Gasteiger partial charge in [0.1, 0.15) is 0 Å². The van der Waals surface area contributed by atoms with E-state index in [0.717, 1.165) is 66.7 Å². The Morgan fingerprint density at radius 1 is 0.531 bits per heavy atom. The topological polar surface area (TPSA) is 61.4 Å². The third kappa shape index (κ3) is 2.52. The van der Waals surface area contributed by atoms with Crippen LogP contribution in [0.15, 0.2) is 60.7 Å². The number of hydrogen-bond acceptors (Lipinski definition) is 4. The van der Waals surface area contributed by atoms with E-state index in [0.29, 0.717) is 0 Å². The molecule has 2 aromatic carbocycles. The number of benzene rings is 2. The van der Waals surface area contributed by atoms with Crippen molar-refractivity contribution in [3.05, 3.63) is 72.1 Å². The summed E-state index contributed by atoms with van der Waals surface area (Å²) in [5.74, 6) is 0. The van der Waals surface area contributed by atoms with Crippen molar-refractivity contribution in [3.63, 3.8) is 0 Å². The Morgan fingerprint density at radius 3 is 1.28 bits per heavy atom. The van der Waals surface area contributed by atoms with Crippen LogP contribution in [-0.2, 0) is 14.1 Å². The summed E-state index contributed by atoms with van der Waals surface area (Å²) in [5, 5.41) is 13.7. The Labute approximate surface area is 185 Å². The number of hydrogen-bond donors (Lipinski definition) is 0. The molecule has 0 aliphatic rings. The second kappa shape index (κ2) is 6.72. The van der Waals surface area contributed by atoms with Gasteiger partial charge in [0.25, 0.3) is 0 Å². The highest BCUT2D eigenvalue weighted by Crippen LogP contribution is 2.42. The van der Waals surface area contributed by atoms with Crippen molar-refractivity contribution in [2.24, 2.45) is 14.1 Å². The van der Waals surface area contributed by atoms with Gasteiger partial charge in [-0.1, -0.05) is 60.7 Å². The van der Waals surface area contributed by atoms with E-state index in [-0.39, 0.29) is 0 Å². The van der Waals surface area contributed by atoms with E-state index in [1.165, 1.54) is 0 Å². The van der Waals surface area contributed by atoms with Crippen molar-refractivity contribution in [1.29, 1.82) is 0 Å². The number of nitrogens with zero attached hydrogens (tertiary/aromatic N) is 6. The molecule has 6 rings (SSSR count). The fourth-order valence-corrected chi connectivity index (χ4v) is 4.79. The zero-order valence-electron chi connectivity index (χ0n) is 18.5. The summed E-state index contributed by atoms with van der Waals surface area (Å²) in [6.07, 6.45) is 0. The van der Waals surface area contributed by atoms with Crippen molar-refractivity contribution < 1.29 is 0 Å². The van der Waals surface area contributed by atoms with Gasteiger partial charge in [-0.2, -0.15) is 10.2 Å². The second-order valence-corrected chi connectivity index (χ2v) is 8.22. The van der Waals surface area contributed by atoms with Crippen LogP contribution in [0, 0.1) is 13.8 Å². The molecule has 0 fully saturated rings. The maximum absolute atomic E-state index is 5.16. The minimum Gasteiger partial charge on any atom is -0.250 e. The molecule has 0 bridgehead atoms. The summed E-state index contributed by atoms with van der Waals surface area (Å²) >= 11 is 0. The lowest BCUT2D eigenvalue weighted by Gasteiger charge is -2.14. The van der Waals surface area contributed by atoms with Crippen molar-refractivity contribution in [2.75, 3.05) is 0 Å². The largest absolute Gasteiger partial charge is 0.250 e. The molecule has 0 N–H and O–H groups in total. The van der Waals surface area contributed by atoms with Crippen LogP contribution in [0.3, 0.4) is 0 Å². The molecule has 0 amide bonds. The molecule has 0 aliphatic carbocycles. The van der Waals surface area contributed by atoms with E-state index in [2.05, 4.69) is 24.3 Å². The summed E-state index contributed by atoms with van der Waals surface area (Å²) in [7, 11) is 3.90. The van der Waals surface area contributed by atoms with Crippen LogP contribution >= 0.6 is 0 Å². The highest BCUT2D eigenvalue weighted by molar-refractivity contribution is 6.24. The molecule has 0 saturated carbocycles. The van der Waals surface area contributed by atoms with Crippen LogP contribution in [0.4, 0.5) is 0 Å². The summed E-state index contributed by atoms with van der Waals surface area (Å²) < 4.78 is 3.73. The number of aromatic nitrogens is 6. The van der Waals surface area contributed by atoms with Crippen LogP contribution in [0.5, 0.6) is 0 Å². The number of pyridine rings is 2. The maximum atomic E-state index is 5.16. The first-order valence-corrected chi connectivity index (χ1v) is 10.7. The molecule has 6 nitrogen and oxygen atoms in total. The Balaban J connectivity index is 1.97. The van der Waals surface area contributed by atoms with E-state index in [4.69, 9.17) is 20.2 Å². The van der Waals surface area contributed by atoms with Gasteiger partial charge in [0, 0.05) is 36.0 Å². The Bertz CT molecular complexity index is 1520. The molecule has 0 atom stereocenters. The van der Waals surface area contributed by atoms with E-state index in [1.807, 2.05) is 73.7 Å². The molecule has 0 unspecified atom stereocenters. The van der Waals surface area contributed by atoms with Gasteiger partial charge in [0.05, 0.1) is 33.5 Å². The monoisotopic (exact) mass is 418 g/mol. The molecule has 6 aromatic rings. The summed E-state index contributed by atoms with van der Waals surface area (Å²) in [6, 6.07) is 20.7. The van der Waals surface area contributed by atoms with E-state index >= 15 is 0 Å². The molecule has 32 heavy (non-hydrogen) atoms. The van der Waals surface area contributed by atoms with Gasteiger partial charge in [-0.15, -0.1) is 0 Å². The van der Waals surface area contributed by atoms with Gasteiger partial charge in [-0.3, -0.25) is 9.36 Å². The normalized spacial score (nSPS) is 11.8. The molecule has 4 heterocycles. The van der Waals surface area contributed by atoms with Gasteiger partial charge in [0.2, 0.25) is 0 Å². The lowest BCUT2D eigenvalue weighted by Crippen LogP contribution is -1.99. The number of rotatable bonds is 2. The maximum Gasteiger partial charge on any atom is 0.159 e. The second-order valence-electron chi connectivity index (χ2n) is 8.22. The van der Waals surface area contributed by atoms with Crippen LogP contribution in [-0.4, -0.2) is 29.5 Å². The average Bonchev–Trinajstić information content (AvgIpc) is 3.27. The van der Waals surface area contributed by atoms with Crippen molar-refractivity contribution in [3.8, 4) is 22.5 Å². The Morgan fingerprint density at radius 2 is 0.906 bits per heavy atom. The highest BCUT2D eigenvalue weighted by atomic mass is 15.3. The molecule has 4 aromatic heterocycles. The number of aryl methyl sites for hydroxylation is 4. The van der Waals surface area contributed by atoms with E-state index < -0.39 is 0 Å². The van der Waals surface area contributed by atoms with Crippen LogP contribution < -0.4 is 0 Å². The predicted octanol–water partition coefficient (Wildman–Crippen LogP) is 5.35. The molecule has 0 saturated heterocycles. The Hall–Kier alpha value is -4.06. The number of fused-ring (bicyclic) bond motifs is 5. The third-order valence-corrected chi connectivity index (χ3v) is 6.14. The van der Waals surface area contributed by atoms with Crippen molar-refractivity contribution >= 4 is 32.8 Å². The van der Waals surface area contributed by atoms with Crippen LogP contribution in [0.2, 0.25) is 0 Å². The van der Waals surface area contributed by atoms with Gasteiger partial charge < -0.3 is 0 Å². The van der Waals surface area contributed by atoms with Crippen LogP contribution in [0.25, 0.3) is 55.4 Å². The quantitative estimate of drug-likeness (QED) is 0.380. The Kier molecular flexibility index (Phi) is 3.92. The van der Waals surface area contributed by atoms with Crippen molar-refractivity contribution in [2.45, 2.75) is 13.8 Å². The summed E-state index contributed by atoms with van der Waals surface area (Å²) in [4.78, 5) is 10.3. The predicted molar refractivity (Wildman–Crippen MR) is 128 cm³/mol. The minimum absolute atomic E-state index is 0.855. The van der Waals surface area contributed by atoms with E-state index in [1.54, 1.807) is 0 Å². The van der Waals surface area contributed by atoms with E-state index in [9.17, 15) is 0 Å². The zero-order chi connectivity index (χ0) is 22.0. The molecular weight excluding hydrogens is 396 g/mol. The fraction of sp³-hybridized carbons (Fsp3) is 0.154. The standard InChI is InChI=1S/C26H22N6/c1-15-19-21-22(24(18-13-9-6-10-14-18)27-25(19)31(3)29-15)20-16(2)30-32(4)26(20)28-23(21)17-11-7-5-8-12-17/h5-14H,1-4H3. The third-order valence-electron chi connectivity index (χ3n) is 6.14. The van der Waals surface area contributed by atoms with Gasteiger partial charge in [0.15, 0.2) is 11.3 Å².